The van der Waals surface area contributed by atoms with Crippen molar-refractivity contribution in [2.24, 2.45) is 0 Å². The van der Waals surface area contributed by atoms with Crippen molar-refractivity contribution in [3.63, 3.8) is 0 Å². The maximum atomic E-state index is 12.8. The molecule has 414 valence electrons. The van der Waals surface area contributed by atoms with E-state index in [-0.39, 0.29) is 38.2 Å². The van der Waals surface area contributed by atoms with Crippen LogP contribution in [0.5, 0.6) is 0 Å². The summed E-state index contributed by atoms with van der Waals surface area (Å²) in [6.07, 6.45) is 53.8. The van der Waals surface area contributed by atoms with Gasteiger partial charge in [-0.3, -0.25) is 9.59 Å². The molecule has 2 atom stereocenters. The minimum Gasteiger partial charge on any atom is -0.463 e. The molecule has 10 heteroatoms. The normalized spacial score (nSPS) is 12.9. The lowest BCUT2D eigenvalue weighted by molar-refractivity contribution is -0.184. The Morgan fingerprint density at radius 1 is 0.437 bits per heavy atom. The van der Waals surface area contributed by atoms with Gasteiger partial charge in [0.05, 0.1) is 6.61 Å². The van der Waals surface area contributed by atoms with E-state index in [9.17, 15) is 19.5 Å². The third kappa shape index (κ3) is 53.2. The van der Waals surface area contributed by atoms with Crippen LogP contribution in [0, 0.1) is 0 Å². The molecule has 0 aromatic heterocycles. The molecule has 0 radical (unpaired) electrons. The number of ether oxygens (including phenoxy) is 5. The molecular weight excluding hydrogens is 891 g/mol. The van der Waals surface area contributed by atoms with E-state index in [4.69, 9.17) is 23.7 Å². The van der Waals surface area contributed by atoms with Gasteiger partial charge in [0.15, 0.2) is 6.29 Å². The third-order valence-corrected chi connectivity index (χ3v) is 12.7. The van der Waals surface area contributed by atoms with Crippen LogP contribution in [0.2, 0.25) is 0 Å². The SMILES string of the molecule is CCCCC/C=C\C/C=C\CCCCCCCC(=O)OCC(COC(=O)CCCCCCC/C=C\C/C=C\CCCCC)OC(O)CCC(CCCCCCCCCCCC)OC(=O)OCCCN(C)C. The minimum absolute atomic E-state index is 0.134. The van der Waals surface area contributed by atoms with E-state index in [2.05, 4.69) is 69.4 Å². The van der Waals surface area contributed by atoms with E-state index in [0.29, 0.717) is 32.1 Å². The van der Waals surface area contributed by atoms with Crippen LogP contribution in [-0.2, 0) is 33.3 Å². The van der Waals surface area contributed by atoms with Crippen molar-refractivity contribution in [2.45, 2.75) is 283 Å². The van der Waals surface area contributed by atoms with Crippen LogP contribution >= 0.6 is 0 Å². The summed E-state index contributed by atoms with van der Waals surface area (Å²) in [7, 11) is 3.95. The van der Waals surface area contributed by atoms with Crippen LogP contribution in [0.1, 0.15) is 265 Å². The highest BCUT2D eigenvalue weighted by Gasteiger charge is 2.22. The van der Waals surface area contributed by atoms with E-state index < -0.39 is 24.7 Å². The van der Waals surface area contributed by atoms with Gasteiger partial charge in [0.2, 0.25) is 0 Å². The predicted molar refractivity (Wildman–Crippen MR) is 297 cm³/mol. The molecule has 0 bridgehead atoms. The Hall–Kier alpha value is -2.95. The molecule has 0 spiro atoms. The summed E-state index contributed by atoms with van der Waals surface area (Å²) in [4.78, 5) is 40.4. The zero-order chi connectivity index (χ0) is 51.9. The zero-order valence-electron chi connectivity index (χ0n) is 46.7. The predicted octanol–water partition coefficient (Wildman–Crippen LogP) is 17.0. The number of carbonyl (C=O) groups excluding carboxylic acids is 3. The van der Waals surface area contributed by atoms with E-state index in [1.54, 1.807) is 0 Å². The van der Waals surface area contributed by atoms with Gasteiger partial charge < -0.3 is 33.7 Å². The molecule has 1 N–H and O–H groups in total. The Morgan fingerprint density at radius 3 is 1.28 bits per heavy atom. The van der Waals surface area contributed by atoms with E-state index in [1.807, 2.05) is 19.0 Å². The largest absolute Gasteiger partial charge is 0.508 e. The van der Waals surface area contributed by atoms with Crippen molar-refractivity contribution in [1.29, 1.82) is 0 Å². The van der Waals surface area contributed by atoms with E-state index >= 15 is 0 Å². The lowest BCUT2D eigenvalue weighted by atomic mass is 10.0. The molecule has 0 aliphatic carbocycles. The monoisotopic (exact) mass is 1000 g/mol. The second-order valence-electron chi connectivity index (χ2n) is 20.1. The highest BCUT2D eigenvalue weighted by Crippen LogP contribution is 2.19. The first-order valence-electron chi connectivity index (χ1n) is 29.4. The Labute approximate surface area is 436 Å². The fourth-order valence-electron chi connectivity index (χ4n) is 8.25. The van der Waals surface area contributed by atoms with Crippen LogP contribution in [0.3, 0.4) is 0 Å². The molecule has 0 aromatic rings. The summed E-state index contributed by atoms with van der Waals surface area (Å²) in [5, 5.41) is 11.1. The topological polar surface area (TPSA) is 121 Å². The maximum Gasteiger partial charge on any atom is 0.508 e. The third-order valence-electron chi connectivity index (χ3n) is 12.7. The minimum atomic E-state index is -1.24. The Bertz CT molecular complexity index is 1230. The molecular formula is C61H111NO9. The highest BCUT2D eigenvalue weighted by atomic mass is 16.7. The molecule has 71 heavy (non-hydrogen) atoms. The summed E-state index contributed by atoms with van der Waals surface area (Å²) < 4.78 is 28.4. The van der Waals surface area contributed by atoms with E-state index in [0.717, 1.165) is 116 Å². The Kier molecular flexibility index (Phi) is 52.5. The standard InChI is InChI=1S/C61H111NO9/c1-6-9-12-15-18-21-24-26-28-30-32-35-38-41-44-48-58(63)68-54-57(55-69-59(64)49-45-42-39-36-33-31-29-27-25-22-19-16-13-10-7-2)70-60(65)51-50-56(71-61(66)67-53-46-52-62(4)5)47-43-40-37-34-23-20-17-14-11-8-3/h18-19,21-22,26-29,56-57,60,65H,6-17,20,23-25,30-55H2,1-5H3/b21-18-,22-19-,28-26-,29-27-. The molecule has 0 saturated carbocycles. The second kappa shape index (κ2) is 54.8. The van der Waals surface area contributed by atoms with E-state index in [1.165, 1.54) is 96.3 Å². The molecule has 0 amide bonds. The summed E-state index contributed by atoms with van der Waals surface area (Å²) in [6, 6.07) is 0. The number of rotatable bonds is 53. The van der Waals surface area contributed by atoms with Gasteiger partial charge in [0, 0.05) is 25.8 Å². The molecule has 0 aliphatic heterocycles. The van der Waals surface area contributed by atoms with Crippen LogP contribution in [0.4, 0.5) is 4.79 Å². The van der Waals surface area contributed by atoms with Gasteiger partial charge in [-0.25, -0.2) is 4.79 Å². The lowest BCUT2D eigenvalue weighted by Gasteiger charge is -2.23. The summed E-state index contributed by atoms with van der Waals surface area (Å²) in [6.45, 7) is 7.52. The van der Waals surface area contributed by atoms with Crippen LogP contribution in [-0.4, -0.2) is 87.1 Å². The quantitative estimate of drug-likeness (QED) is 0.0207. The van der Waals surface area contributed by atoms with Crippen molar-refractivity contribution in [3.05, 3.63) is 48.6 Å². The van der Waals surface area contributed by atoms with Crippen LogP contribution in [0.25, 0.3) is 0 Å². The number of esters is 2. The average Bonchev–Trinajstić information content (AvgIpc) is 3.35. The van der Waals surface area contributed by atoms with Gasteiger partial charge >= 0.3 is 18.1 Å². The summed E-state index contributed by atoms with van der Waals surface area (Å²) in [5.41, 5.74) is 0. The zero-order valence-corrected chi connectivity index (χ0v) is 46.7. The number of aliphatic hydroxyl groups excluding tert-OH is 1. The first-order chi connectivity index (χ1) is 34.7. The summed E-state index contributed by atoms with van der Waals surface area (Å²) in [5.74, 6) is -0.659. The molecule has 0 saturated heterocycles. The highest BCUT2D eigenvalue weighted by molar-refractivity contribution is 5.69. The van der Waals surface area contributed by atoms with Crippen LogP contribution < -0.4 is 0 Å². The molecule has 0 heterocycles. The van der Waals surface area contributed by atoms with Crippen molar-refractivity contribution >= 4 is 18.1 Å². The van der Waals surface area contributed by atoms with Crippen molar-refractivity contribution in [1.82, 2.24) is 4.90 Å². The smallest absolute Gasteiger partial charge is 0.463 e. The molecule has 0 aromatic carbocycles. The number of nitrogens with zero attached hydrogens (tertiary/aromatic N) is 1. The molecule has 0 fully saturated rings. The fourth-order valence-corrected chi connectivity index (χ4v) is 8.25. The molecule has 10 nitrogen and oxygen atoms in total. The fraction of sp³-hybridized carbons (Fsp3) is 0.820. The Morgan fingerprint density at radius 2 is 0.831 bits per heavy atom. The molecule has 2 unspecified atom stereocenters. The first kappa shape index (κ1) is 68.0. The second-order valence-corrected chi connectivity index (χ2v) is 20.1. The van der Waals surface area contributed by atoms with Gasteiger partial charge in [-0.15, -0.1) is 0 Å². The van der Waals surface area contributed by atoms with Gasteiger partial charge in [0.1, 0.15) is 25.4 Å². The van der Waals surface area contributed by atoms with Crippen molar-refractivity contribution in [3.8, 4) is 0 Å². The van der Waals surface area contributed by atoms with Crippen molar-refractivity contribution in [2.75, 3.05) is 40.5 Å². The van der Waals surface area contributed by atoms with Crippen LogP contribution in [0.15, 0.2) is 48.6 Å². The van der Waals surface area contributed by atoms with Gasteiger partial charge in [-0.05, 0) is 117 Å². The first-order valence-corrected chi connectivity index (χ1v) is 29.4. The summed E-state index contributed by atoms with van der Waals surface area (Å²) >= 11 is 0. The number of aliphatic hydroxyl groups is 1. The Balaban J connectivity index is 5.06. The number of hydrogen-bond acceptors (Lipinski definition) is 10. The average molecular weight is 1000 g/mol. The van der Waals surface area contributed by atoms with Gasteiger partial charge in [-0.1, -0.05) is 191 Å². The van der Waals surface area contributed by atoms with Crippen molar-refractivity contribution < 1.29 is 43.2 Å². The number of hydrogen-bond donors (Lipinski definition) is 1. The van der Waals surface area contributed by atoms with Gasteiger partial charge in [0.25, 0.3) is 0 Å². The lowest BCUT2D eigenvalue weighted by Crippen LogP contribution is -2.33. The number of unbranched alkanes of at least 4 members (excludes halogenated alkanes) is 25. The molecule has 0 rings (SSSR count). The number of allylic oxidation sites excluding steroid dienone is 8. The number of carbonyl (C=O) groups is 3. The maximum absolute atomic E-state index is 12.8. The van der Waals surface area contributed by atoms with Gasteiger partial charge in [-0.2, -0.15) is 0 Å². The molecule has 0 aliphatic rings.